The van der Waals surface area contributed by atoms with Gasteiger partial charge in [-0.2, -0.15) is 9.97 Å². The smallest absolute Gasteiger partial charge is 0.245 e. The van der Waals surface area contributed by atoms with Crippen molar-refractivity contribution in [2.24, 2.45) is 0 Å². The number of nitrogens with zero attached hydrogens (tertiary/aromatic N) is 8. The highest BCUT2D eigenvalue weighted by Crippen LogP contribution is 2.36. The van der Waals surface area contributed by atoms with E-state index in [1.165, 1.54) is 32.9 Å². The summed E-state index contributed by atoms with van der Waals surface area (Å²) in [6, 6.07) is 0. The molecule has 0 aromatic carbocycles. The van der Waals surface area contributed by atoms with Crippen LogP contribution in [0.3, 0.4) is 0 Å². The molecule has 2 atom stereocenters. The van der Waals surface area contributed by atoms with Gasteiger partial charge in [-0.1, -0.05) is 11.6 Å². The number of piperidine rings is 1. The van der Waals surface area contributed by atoms with Gasteiger partial charge in [-0.05, 0) is 25.7 Å². The minimum absolute atomic E-state index is 0.202. The van der Waals surface area contributed by atoms with Crippen molar-refractivity contribution in [3.05, 3.63) is 35.4 Å². The van der Waals surface area contributed by atoms with E-state index in [1.54, 1.807) is 4.57 Å². The summed E-state index contributed by atoms with van der Waals surface area (Å²) in [6.07, 6.45) is 6.73. The van der Waals surface area contributed by atoms with Crippen molar-refractivity contribution in [3.63, 3.8) is 0 Å². The zero-order chi connectivity index (χ0) is 26.0. The number of halogens is 1. The minimum Gasteiger partial charge on any atom is -0.479 e. The van der Waals surface area contributed by atoms with Crippen molar-refractivity contribution in [3.8, 4) is 17.4 Å². The molecular weight excluding hydrogens is 524 g/mol. The highest BCUT2D eigenvalue weighted by Gasteiger charge is 2.36. The second-order valence-corrected chi connectivity index (χ2v) is 11.5. The summed E-state index contributed by atoms with van der Waals surface area (Å²) in [4.78, 5) is 18.8. The topological polar surface area (TPSA) is 147 Å². The van der Waals surface area contributed by atoms with Crippen LogP contribution >= 0.6 is 11.6 Å². The fourth-order valence-electron chi connectivity index (χ4n) is 4.67. The maximum Gasteiger partial charge on any atom is 0.245 e. The summed E-state index contributed by atoms with van der Waals surface area (Å²) in [5.41, 5.74) is 0.327. The lowest BCUT2D eigenvalue weighted by Gasteiger charge is -2.32. The number of anilines is 1. The molecule has 5 heterocycles. The average Bonchev–Trinajstić information content (AvgIpc) is 3.58. The van der Waals surface area contributed by atoms with Crippen molar-refractivity contribution in [1.29, 1.82) is 0 Å². The lowest BCUT2D eigenvalue weighted by molar-refractivity contribution is 0.103. The molecule has 13 nitrogen and oxygen atoms in total. The van der Waals surface area contributed by atoms with E-state index >= 15 is 0 Å². The van der Waals surface area contributed by atoms with Crippen LogP contribution in [0.25, 0.3) is 5.69 Å². The Bertz CT molecular complexity index is 1330. The normalized spacial score (nSPS) is 20.2. The molecule has 0 N–H and O–H groups in total. The number of rotatable bonds is 8. The number of hydrogen-bond donors (Lipinski definition) is 0. The molecule has 0 amide bonds. The predicted molar refractivity (Wildman–Crippen MR) is 133 cm³/mol. The average molecular weight is 551 g/mol. The molecule has 2 saturated heterocycles. The van der Waals surface area contributed by atoms with Gasteiger partial charge < -0.3 is 19.1 Å². The van der Waals surface area contributed by atoms with Gasteiger partial charge in [0, 0.05) is 19.7 Å². The molecular formula is C22H27ClN8O5S. The molecule has 0 saturated carbocycles. The Morgan fingerprint density at radius 1 is 1.05 bits per heavy atom. The van der Waals surface area contributed by atoms with Crippen LogP contribution in [-0.4, -0.2) is 82.3 Å². The fraction of sp³-hybridized carbons (Fsp3) is 0.545. The molecule has 15 heteroatoms. The van der Waals surface area contributed by atoms with Crippen LogP contribution in [-0.2, 0) is 20.3 Å². The molecule has 0 bridgehead atoms. The Kier molecular flexibility index (Phi) is 7.40. The minimum atomic E-state index is -3.68. The monoisotopic (exact) mass is 550 g/mol. The van der Waals surface area contributed by atoms with Crippen molar-refractivity contribution < 1.29 is 22.6 Å². The fourth-order valence-corrected chi connectivity index (χ4v) is 6.49. The zero-order valence-corrected chi connectivity index (χ0v) is 22.0. The molecule has 198 valence electrons. The van der Waals surface area contributed by atoms with Crippen LogP contribution in [0.2, 0.25) is 5.02 Å². The maximum absolute atomic E-state index is 13.7. The first-order valence-corrected chi connectivity index (χ1v) is 13.9. The van der Waals surface area contributed by atoms with E-state index in [0.717, 1.165) is 12.8 Å². The molecule has 37 heavy (non-hydrogen) atoms. The van der Waals surface area contributed by atoms with Crippen LogP contribution in [0.1, 0.15) is 43.4 Å². The highest BCUT2D eigenvalue weighted by atomic mass is 35.5. The van der Waals surface area contributed by atoms with E-state index < -0.39 is 15.1 Å². The molecule has 5 rings (SSSR count). The van der Waals surface area contributed by atoms with Gasteiger partial charge in [-0.25, -0.2) is 18.4 Å². The molecule has 3 aromatic rings. The number of methoxy groups -OCH3 is 2. The Labute approximate surface area is 219 Å². The van der Waals surface area contributed by atoms with Crippen LogP contribution < -0.4 is 14.4 Å². The van der Waals surface area contributed by atoms with Crippen molar-refractivity contribution in [2.45, 2.75) is 42.8 Å². The van der Waals surface area contributed by atoms with E-state index in [9.17, 15) is 8.42 Å². The standard InChI is InChI=1S/C22H27ClN8O5S/c1-34-20-18(21(35-2)27-13-26-20)31-17(28-29-19(31)16-6-4-8-36-16)12-37(32,33)15-5-3-7-30(11-15)22-24-9-14(23)10-25-22/h9-10,13,15-16H,3-8,11-12H2,1-2H3/t15-,16-/m0/s1. The molecule has 0 spiro atoms. The van der Waals surface area contributed by atoms with Crippen LogP contribution in [0.5, 0.6) is 11.8 Å². The molecule has 2 aliphatic rings. The number of hydrogen-bond acceptors (Lipinski definition) is 12. The molecule has 2 fully saturated rings. The summed E-state index contributed by atoms with van der Waals surface area (Å²) in [5, 5.41) is 8.40. The van der Waals surface area contributed by atoms with Gasteiger partial charge in [-0.15, -0.1) is 10.2 Å². The van der Waals surface area contributed by atoms with E-state index in [-0.39, 0.29) is 36.0 Å². The van der Waals surface area contributed by atoms with Crippen molar-refractivity contribution in [2.75, 3.05) is 38.8 Å². The van der Waals surface area contributed by atoms with E-state index in [4.69, 9.17) is 25.8 Å². The third-order valence-corrected chi connectivity index (χ3v) is 8.70. The first-order valence-electron chi connectivity index (χ1n) is 11.8. The third kappa shape index (κ3) is 5.18. The largest absolute Gasteiger partial charge is 0.479 e. The Morgan fingerprint density at radius 3 is 2.43 bits per heavy atom. The number of aromatic nitrogens is 7. The van der Waals surface area contributed by atoms with Gasteiger partial charge in [0.05, 0.1) is 36.9 Å². The predicted octanol–water partition coefficient (Wildman–Crippen LogP) is 1.95. The Balaban J connectivity index is 1.50. The first-order chi connectivity index (χ1) is 17.9. The number of ether oxygens (including phenoxy) is 3. The summed E-state index contributed by atoms with van der Waals surface area (Å²) >= 11 is 5.91. The van der Waals surface area contributed by atoms with Gasteiger partial charge in [-0.3, -0.25) is 4.57 Å². The quantitative estimate of drug-likeness (QED) is 0.403. The summed E-state index contributed by atoms with van der Waals surface area (Å²) in [5.74, 6) is 1.16. The molecule has 3 aromatic heterocycles. The Morgan fingerprint density at radius 2 is 1.78 bits per heavy atom. The van der Waals surface area contributed by atoms with Crippen molar-refractivity contribution in [1.82, 2.24) is 34.7 Å². The van der Waals surface area contributed by atoms with Crippen LogP contribution in [0.4, 0.5) is 5.95 Å². The first kappa shape index (κ1) is 25.5. The molecule has 0 radical (unpaired) electrons. The SMILES string of the molecule is COc1ncnc(OC)c1-n1c(CS(=O)(=O)[C@H]2CCCN(c3ncc(Cl)cn3)C2)nnc1[C@@H]1CCCO1. The van der Waals surface area contributed by atoms with Gasteiger partial charge in [0.1, 0.15) is 18.2 Å². The lowest BCUT2D eigenvalue weighted by Crippen LogP contribution is -2.43. The summed E-state index contributed by atoms with van der Waals surface area (Å²) in [7, 11) is -0.744. The van der Waals surface area contributed by atoms with E-state index in [1.807, 2.05) is 4.90 Å². The van der Waals surface area contributed by atoms with Crippen LogP contribution in [0, 0.1) is 0 Å². The lowest BCUT2D eigenvalue weighted by atomic mass is 10.1. The zero-order valence-electron chi connectivity index (χ0n) is 20.4. The Hall–Kier alpha value is -3.10. The highest BCUT2D eigenvalue weighted by molar-refractivity contribution is 7.91. The number of sulfone groups is 1. The van der Waals surface area contributed by atoms with Gasteiger partial charge in [0.25, 0.3) is 0 Å². The van der Waals surface area contributed by atoms with Crippen LogP contribution in [0.15, 0.2) is 18.7 Å². The maximum atomic E-state index is 13.7. The third-order valence-electron chi connectivity index (χ3n) is 6.44. The summed E-state index contributed by atoms with van der Waals surface area (Å²) in [6.45, 7) is 1.50. The van der Waals surface area contributed by atoms with Gasteiger partial charge in [0.15, 0.2) is 27.2 Å². The van der Waals surface area contributed by atoms with E-state index in [0.29, 0.717) is 48.5 Å². The second-order valence-electron chi connectivity index (χ2n) is 8.77. The molecule has 0 aliphatic carbocycles. The van der Waals surface area contributed by atoms with Gasteiger partial charge in [0.2, 0.25) is 17.7 Å². The second kappa shape index (κ2) is 10.7. The summed E-state index contributed by atoms with van der Waals surface area (Å²) < 4.78 is 45.8. The van der Waals surface area contributed by atoms with Crippen molar-refractivity contribution >= 4 is 27.4 Å². The molecule has 2 aliphatic heterocycles. The van der Waals surface area contributed by atoms with Gasteiger partial charge >= 0.3 is 0 Å². The van der Waals surface area contributed by atoms with E-state index in [2.05, 4.69) is 30.1 Å². The molecule has 0 unspecified atom stereocenters.